The van der Waals surface area contributed by atoms with E-state index in [-0.39, 0.29) is 5.78 Å². The van der Waals surface area contributed by atoms with Crippen LogP contribution in [0.25, 0.3) is 27.4 Å². The normalized spacial score (nSPS) is 12.3. The van der Waals surface area contributed by atoms with Crippen LogP contribution in [0.1, 0.15) is 75.4 Å². The highest BCUT2D eigenvalue weighted by Crippen LogP contribution is 2.33. The largest absolute Gasteiger partial charge is 0.341 e. The summed E-state index contributed by atoms with van der Waals surface area (Å²) in [5, 5.41) is 10.9. The number of hydrogen-bond donors (Lipinski definition) is 1. The number of ketones is 1. The molecule has 0 radical (unpaired) electrons. The first kappa shape index (κ1) is 33.6. The van der Waals surface area contributed by atoms with Gasteiger partial charge in [-0.2, -0.15) is 0 Å². The number of fused-ring (bicyclic) bond motifs is 3. The Hall–Kier alpha value is -3.89. The summed E-state index contributed by atoms with van der Waals surface area (Å²) in [6, 6.07) is 20.9. The summed E-state index contributed by atoms with van der Waals surface area (Å²) >= 11 is 1.77. The number of nitrogens with one attached hydrogen (secondary N) is 1. The van der Waals surface area contributed by atoms with Gasteiger partial charge in [-0.3, -0.25) is 4.79 Å². The van der Waals surface area contributed by atoms with Crippen molar-refractivity contribution in [2.24, 2.45) is 0 Å². The molecule has 1 N–H and O–H groups in total. The Labute approximate surface area is 262 Å². The molecule has 1 heterocycles. The van der Waals surface area contributed by atoms with Gasteiger partial charge in [0.05, 0.1) is 0 Å². The van der Waals surface area contributed by atoms with Gasteiger partial charge in [0.15, 0.2) is 5.78 Å². The van der Waals surface area contributed by atoms with E-state index in [1.165, 1.54) is 10.5 Å². The Morgan fingerprint density at radius 3 is 2.14 bits per heavy atom. The number of rotatable bonds is 9. The van der Waals surface area contributed by atoms with Crippen LogP contribution in [-0.2, 0) is 6.54 Å². The van der Waals surface area contributed by atoms with E-state index in [4.69, 9.17) is 5.41 Å². The molecule has 1 aliphatic carbocycles. The Morgan fingerprint density at radius 1 is 0.977 bits per heavy atom. The Balaban J connectivity index is 0.000000953. The highest BCUT2D eigenvalue weighted by Gasteiger charge is 2.18. The minimum Gasteiger partial charge on any atom is -0.341 e. The smallest absolute Gasteiger partial charge is 0.192 e. The number of thioether (sulfide) groups is 1. The van der Waals surface area contributed by atoms with Crippen molar-refractivity contribution in [2.45, 2.75) is 72.2 Å². The van der Waals surface area contributed by atoms with E-state index in [9.17, 15) is 4.79 Å². The van der Waals surface area contributed by atoms with Gasteiger partial charge in [0.1, 0.15) is 0 Å². The van der Waals surface area contributed by atoms with Crippen LogP contribution in [0.3, 0.4) is 0 Å². The summed E-state index contributed by atoms with van der Waals surface area (Å²) in [6.07, 6.45) is 8.42. The number of aromatic nitrogens is 1. The van der Waals surface area contributed by atoms with E-state index in [2.05, 4.69) is 93.1 Å². The van der Waals surface area contributed by atoms with Crippen molar-refractivity contribution < 1.29 is 4.79 Å². The van der Waals surface area contributed by atoms with Gasteiger partial charge >= 0.3 is 0 Å². The fourth-order valence-corrected chi connectivity index (χ4v) is 6.08. The zero-order valence-electron chi connectivity index (χ0n) is 26.7. The monoisotopic (exact) mass is 590 g/mol. The van der Waals surface area contributed by atoms with Crippen molar-refractivity contribution in [3.63, 3.8) is 0 Å². The van der Waals surface area contributed by atoms with E-state index in [1.54, 1.807) is 17.8 Å². The molecule has 0 amide bonds. The lowest BCUT2D eigenvalue weighted by atomic mass is 9.92. The van der Waals surface area contributed by atoms with Crippen molar-refractivity contribution in [3.8, 4) is 0 Å². The number of allylic oxidation sites excluding steroid dienone is 6. The molecule has 0 unspecified atom stereocenters. The first-order valence-corrected chi connectivity index (χ1v) is 16.3. The van der Waals surface area contributed by atoms with Gasteiger partial charge in [-0.1, -0.05) is 68.0 Å². The third-order valence-corrected chi connectivity index (χ3v) is 8.49. The fraction of sp³-hybridized carbons (Fsp3) is 0.282. The zero-order chi connectivity index (χ0) is 31.5. The molecule has 0 atom stereocenters. The maximum Gasteiger partial charge on any atom is 0.192 e. The molecule has 0 saturated carbocycles. The van der Waals surface area contributed by atoms with Crippen molar-refractivity contribution in [3.05, 3.63) is 120 Å². The summed E-state index contributed by atoms with van der Waals surface area (Å²) in [5.41, 5.74) is 8.49. The van der Waals surface area contributed by atoms with Crippen molar-refractivity contribution in [1.82, 2.24) is 4.57 Å². The van der Waals surface area contributed by atoms with E-state index in [0.717, 1.165) is 74.8 Å². The Bertz CT molecular complexity index is 1680. The summed E-state index contributed by atoms with van der Waals surface area (Å²) < 4.78 is 2.29. The van der Waals surface area contributed by atoms with Crippen LogP contribution < -0.4 is 0 Å². The molecule has 1 aromatic heterocycles. The molecular formula is C39H46N2OS. The molecule has 0 spiro atoms. The fourth-order valence-electron chi connectivity index (χ4n) is 5.21. The van der Waals surface area contributed by atoms with E-state index in [0.29, 0.717) is 12.1 Å². The van der Waals surface area contributed by atoms with Gasteiger partial charge in [0, 0.05) is 55.8 Å². The average Bonchev–Trinajstić information content (AvgIpc) is 3.35. The molecule has 1 aliphatic rings. The number of carbonyl (C=O) groups is 1. The van der Waals surface area contributed by atoms with Crippen LogP contribution in [-0.4, -0.2) is 21.8 Å². The molecular weight excluding hydrogens is 545 g/mol. The number of hydrogen-bond acceptors (Lipinski definition) is 3. The maximum absolute atomic E-state index is 13.4. The molecule has 0 fully saturated rings. The number of carbonyl (C=O) groups excluding carboxylic acids is 1. The Morgan fingerprint density at radius 2 is 1.56 bits per heavy atom. The van der Waals surface area contributed by atoms with Gasteiger partial charge < -0.3 is 9.98 Å². The molecule has 0 aliphatic heterocycles. The lowest BCUT2D eigenvalue weighted by Crippen LogP contribution is -2.06. The second-order valence-corrected chi connectivity index (χ2v) is 11.6. The second kappa shape index (κ2) is 16.1. The maximum atomic E-state index is 13.4. The lowest BCUT2D eigenvalue weighted by molar-refractivity contribution is 0.103. The molecule has 4 heteroatoms. The van der Waals surface area contributed by atoms with Gasteiger partial charge in [-0.05, 0) is 101 Å². The van der Waals surface area contributed by atoms with Crippen LogP contribution >= 0.6 is 11.8 Å². The standard InChI is InChI=1S/C34H34N2OS.C3H6.C2H6/c1-5-36-32-16-12-25(24(4)31(35)18-19-38-27-14-10-22(2)11-15-27)20-29(32)30-21-26(13-17-33(30)36)34(37)28-9-7-6-8-23(28)3;1-3-2;1-2/h7,9-17,20-21,35H,4-6,8,18-19H2,1-3H3;3H,1H2,2H3;1-2H3. The SMILES string of the molecule is C=C(C(=N)CCSc1ccc(C)cc1)c1ccc2c(c1)c1cc(C(=O)C3=C(C)CCC=C3)ccc1n2CC.C=CC.CC. The zero-order valence-corrected chi connectivity index (χ0v) is 27.5. The van der Waals surface area contributed by atoms with E-state index < -0.39 is 0 Å². The van der Waals surface area contributed by atoms with E-state index >= 15 is 0 Å². The van der Waals surface area contributed by atoms with E-state index in [1.807, 2.05) is 39.0 Å². The molecule has 224 valence electrons. The Kier molecular flexibility index (Phi) is 12.6. The molecule has 43 heavy (non-hydrogen) atoms. The molecule has 4 aromatic rings. The predicted octanol–water partition coefficient (Wildman–Crippen LogP) is 11.4. The highest BCUT2D eigenvalue weighted by molar-refractivity contribution is 7.99. The first-order valence-electron chi connectivity index (χ1n) is 15.3. The lowest BCUT2D eigenvalue weighted by Gasteiger charge is -2.12. The highest BCUT2D eigenvalue weighted by atomic mass is 32.2. The van der Waals surface area contributed by atoms with Crippen LogP contribution in [0.4, 0.5) is 0 Å². The van der Waals surface area contributed by atoms with Crippen LogP contribution in [0.2, 0.25) is 0 Å². The minimum absolute atomic E-state index is 0.0890. The van der Waals surface area contributed by atoms with Gasteiger partial charge in [-0.15, -0.1) is 18.3 Å². The van der Waals surface area contributed by atoms with Crippen molar-refractivity contribution >= 4 is 50.6 Å². The van der Waals surface area contributed by atoms with Crippen molar-refractivity contribution in [2.75, 3.05) is 5.75 Å². The second-order valence-electron chi connectivity index (χ2n) is 10.4. The van der Waals surface area contributed by atoms with Gasteiger partial charge in [-0.25, -0.2) is 0 Å². The topological polar surface area (TPSA) is 45.9 Å². The van der Waals surface area contributed by atoms with Crippen LogP contribution in [0.15, 0.2) is 108 Å². The summed E-state index contributed by atoms with van der Waals surface area (Å²) in [5.74, 6) is 0.930. The molecule has 0 bridgehead atoms. The summed E-state index contributed by atoms with van der Waals surface area (Å²) in [6.45, 7) is 20.7. The molecule has 5 rings (SSSR count). The summed E-state index contributed by atoms with van der Waals surface area (Å²) in [4.78, 5) is 14.6. The average molecular weight is 591 g/mol. The number of Topliss-reactive ketones (excluding diaryl/α,β-unsaturated/α-hetero) is 1. The minimum atomic E-state index is 0.0890. The molecule has 0 saturated heterocycles. The number of nitrogens with zero attached hydrogens (tertiary/aromatic N) is 1. The quantitative estimate of drug-likeness (QED) is 0.0912. The summed E-state index contributed by atoms with van der Waals surface area (Å²) in [7, 11) is 0. The van der Waals surface area contributed by atoms with Gasteiger partial charge in [0.2, 0.25) is 0 Å². The number of benzene rings is 3. The van der Waals surface area contributed by atoms with Crippen molar-refractivity contribution in [1.29, 1.82) is 5.41 Å². The third-order valence-electron chi connectivity index (χ3n) is 7.47. The van der Waals surface area contributed by atoms with Gasteiger partial charge in [0.25, 0.3) is 0 Å². The van der Waals surface area contributed by atoms with Crippen LogP contribution in [0, 0.1) is 12.3 Å². The number of aryl methyl sites for hydroxylation is 2. The first-order chi connectivity index (χ1) is 20.8. The third kappa shape index (κ3) is 7.94. The van der Waals surface area contributed by atoms with Crippen LogP contribution in [0.5, 0.6) is 0 Å². The molecule has 3 nitrogen and oxygen atoms in total. The molecule has 3 aromatic carbocycles. The predicted molar refractivity (Wildman–Crippen MR) is 191 cm³/mol.